The molecule has 0 bridgehead atoms. The average Bonchev–Trinajstić information content (AvgIpc) is 2.18. The second-order valence-corrected chi connectivity index (χ2v) is 4.70. The lowest BCUT2D eigenvalue weighted by Crippen LogP contribution is -2.09. The zero-order valence-corrected chi connectivity index (χ0v) is 11.0. The predicted octanol–water partition coefficient (Wildman–Crippen LogP) is 4.30. The quantitative estimate of drug-likeness (QED) is 0.820. The van der Waals surface area contributed by atoms with E-state index >= 15 is 0 Å². The van der Waals surface area contributed by atoms with Crippen LogP contribution in [0.25, 0.3) is 0 Å². The molecule has 0 aliphatic heterocycles. The van der Waals surface area contributed by atoms with E-state index in [1.165, 1.54) is 0 Å². The summed E-state index contributed by atoms with van der Waals surface area (Å²) < 4.78 is 36.4. The van der Waals surface area contributed by atoms with E-state index in [1.807, 2.05) is 13.0 Å². The summed E-state index contributed by atoms with van der Waals surface area (Å²) >= 11 is 3.34. The molecule has 0 fully saturated rings. The molecule has 0 aliphatic rings. The van der Waals surface area contributed by atoms with Crippen molar-refractivity contribution in [2.24, 2.45) is 0 Å². The van der Waals surface area contributed by atoms with Crippen LogP contribution in [0.3, 0.4) is 0 Å². The van der Waals surface area contributed by atoms with Gasteiger partial charge in [-0.15, -0.1) is 0 Å². The summed E-state index contributed by atoms with van der Waals surface area (Å²) in [5, 5.41) is 3.00. The van der Waals surface area contributed by atoms with Gasteiger partial charge in [-0.25, -0.2) is 4.98 Å². The van der Waals surface area contributed by atoms with Crippen LogP contribution in [0.1, 0.15) is 24.8 Å². The third kappa shape index (κ3) is 5.91. The van der Waals surface area contributed by atoms with Crippen molar-refractivity contribution in [3.05, 3.63) is 22.3 Å². The van der Waals surface area contributed by atoms with E-state index in [0.29, 0.717) is 18.8 Å². The molecule has 0 spiro atoms. The van der Waals surface area contributed by atoms with Crippen molar-refractivity contribution in [3.8, 4) is 0 Å². The minimum Gasteiger partial charge on any atom is -0.369 e. The normalized spacial score (nSPS) is 11.6. The fourth-order valence-electron chi connectivity index (χ4n) is 1.32. The first-order chi connectivity index (χ1) is 7.88. The van der Waals surface area contributed by atoms with Crippen LogP contribution in [-0.4, -0.2) is 17.7 Å². The van der Waals surface area contributed by atoms with Crippen molar-refractivity contribution < 1.29 is 13.2 Å². The number of alkyl halides is 3. The van der Waals surface area contributed by atoms with Crippen LogP contribution in [-0.2, 0) is 0 Å². The zero-order valence-electron chi connectivity index (χ0n) is 9.44. The van der Waals surface area contributed by atoms with Crippen LogP contribution >= 0.6 is 15.9 Å². The van der Waals surface area contributed by atoms with E-state index in [0.717, 1.165) is 10.0 Å². The van der Waals surface area contributed by atoms with Crippen molar-refractivity contribution in [2.75, 3.05) is 11.9 Å². The van der Waals surface area contributed by atoms with Gasteiger partial charge in [0.25, 0.3) is 0 Å². The topological polar surface area (TPSA) is 24.9 Å². The van der Waals surface area contributed by atoms with Gasteiger partial charge in [-0.2, -0.15) is 13.2 Å². The lowest BCUT2D eigenvalue weighted by Gasteiger charge is -2.09. The molecule has 1 aromatic heterocycles. The summed E-state index contributed by atoms with van der Waals surface area (Å²) in [7, 11) is 0. The Hall–Kier alpha value is -0.780. The highest BCUT2D eigenvalue weighted by Gasteiger charge is 2.25. The number of anilines is 1. The van der Waals surface area contributed by atoms with Gasteiger partial charge in [-0.1, -0.05) is 0 Å². The smallest absolute Gasteiger partial charge is 0.369 e. The van der Waals surface area contributed by atoms with Gasteiger partial charge in [0.1, 0.15) is 5.82 Å². The van der Waals surface area contributed by atoms with Crippen molar-refractivity contribution in [1.29, 1.82) is 0 Å². The first kappa shape index (κ1) is 14.3. The van der Waals surface area contributed by atoms with Crippen LogP contribution in [0.4, 0.5) is 19.0 Å². The molecule has 1 aromatic rings. The molecule has 1 heterocycles. The van der Waals surface area contributed by atoms with Gasteiger partial charge >= 0.3 is 6.18 Å². The summed E-state index contributed by atoms with van der Waals surface area (Å²) in [6.07, 6.45) is -2.45. The molecule has 1 rings (SSSR count). The first-order valence-corrected chi connectivity index (χ1v) is 6.10. The van der Waals surface area contributed by atoms with E-state index in [9.17, 15) is 13.2 Å². The van der Waals surface area contributed by atoms with E-state index in [4.69, 9.17) is 0 Å². The Morgan fingerprint density at radius 2 is 2.06 bits per heavy atom. The molecule has 1 N–H and O–H groups in total. The maximum absolute atomic E-state index is 11.9. The molecule has 0 amide bonds. The summed E-state index contributed by atoms with van der Waals surface area (Å²) in [6.45, 7) is 2.41. The minimum atomic E-state index is -4.05. The van der Waals surface area contributed by atoms with Crippen molar-refractivity contribution in [1.82, 2.24) is 4.98 Å². The first-order valence-electron chi connectivity index (χ1n) is 5.31. The maximum atomic E-state index is 11.9. The molecule has 0 aliphatic carbocycles. The van der Waals surface area contributed by atoms with Gasteiger partial charge in [0, 0.05) is 19.2 Å². The van der Waals surface area contributed by atoms with E-state index in [1.54, 1.807) is 6.20 Å². The number of hydrogen-bond acceptors (Lipinski definition) is 2. The summed E-state index contributed by atoms with van der Waals surface area (Å²) in [5.74, 6) is 0.669. The Labute approximate surface area is 107 Å². The minimum absolute atomic E-state index is 0.139. The Morgan fingerprint density at radius 1 is 1.35 bits per heavy atom. The number of nitrogens with zero attached hydrogens (tertiary/aromatic N) is 1. The number of rotatable bonds is 5. The average molecular weight is 311 g/mol. The molecular formula is C11H14BrF3N2. The van der Waals surface area contributed by atoms with Gasteiger partial charge in [0.2, 0.25) is 0 Å². The molecule has 0 atom stereocenters. The van der Waals surface area contributed by atoms with Gasteiger partial charge in [0.05, 0.1) is 4.47 Å². The number of aromatic nitrogens is 1. The molecule has 0 unspecified atom stereocenters. The monoisotopic (exact) mass is 310 g/mol. The lowest BCUT2D eigenvalue weighted by molar-refractivity contribution is -0.135. The molecule has 0 radical (unpaired) electrons. The predicted molar refractivity (Wildman–Crippen MR) is 65.1 cm³/mol. The highest BCUT2D eigenvalue weighted by molar-refractivity contribution is 9.10. The van der Waals surface area contributed by atoms with Crippen LogP contribution in [0.15, 0.2) is 16.7 Å². The lowest BCUT2D eigenvalue weighted by atomic mass is 10.2. The second-order valence-electron chi connectivity index (χ2n) is 3.84. The van der Waals surface area contributed by atoms with Crippen LogP contribution in [0, 0.1) is 6.92 Å². The van der Waals surface area contributed by atoms with Crippen molar-refractivity contribution in [2.45, 2.75) is 32.4 Å². The van der Waals surface area contributed by atoms with Gasteiger partial charge in [-0.05, 0) is 47.3 Å². The summed E-state index contributed by atoms with van der Waals surface area (Å²) in [6, 6.07) is 1.91. The van der Waals surface area contributed by atoms with Gasteiger partial charge in [0.15, 0.2) is 0 Å². The molecule has 0 saturated heterocycles. The highest BCUT2D eigenvalue weighted by Crippen LogP contribution is 2.23. The van der Waals surface area contributed by atoms with Gasteiger partial charge in [-0.3, -0.25) is 0 Å². The molecule has 0 saturated carbocycles. The maximum Gasteiger partial charge on any atom is 0.389 e. The Kier molecular flexibility index (Phi) is 5.24. The van der Waals surface area contributed by atoms with Crippen molar-refractivity contribution >= 4 is 21.7 Å². The Balaban J connectivity index is 2.27. The molecule has 17 heavy (non-hydrogen) atoms. The van der Waals surface area contributed by atoms with Crippen LogP contribution in [0.2, 0.25) is 0 Å². The molecule has 6 heteroatoms. The largest absolute Gasteiger partial charge is 0.389 e. The fourth-order valence-corrected chi connectivity index (χ4v) is 1.92. The van der Waals surface area contributed by atoms with Crippen LogP contribution in [0.5, 0.6) is 0 Å². The summed E-state index contributed by atoms with van der Waals surface area (Å²) in [4.78, 5) is 4.14. The molecule has 96 valence electrons. The Bertz CT molecular complexity index is 366. The third-order valence-electron chi connectivity index (χ3n) is 2.16. The number of aryl methyl sites for hydroxylation is 1. The van der Waals surface area contributed by atoms with E-state index in [2.05, 4.69) is 26.2 Å². The number of hydrogen-bond donors (Lipinski definition) is 1. The van der Waals surface area contributed by atoms with Crippen LogP contribution < -0.4 is 5.32 Å². The van der Waals surface area contributed by atoms with E-state index in [-0.39, 0.29) is 6.42 Å². The number of nitrogens with one attached hydrogen (secondary N) is 1. The molecule has 0 aromatic carbocycles. The SMILES string of the molecule is Cc1cnc(NCCCCC(F)(F)F)c(Br)c1. The molecular weight excluding hydrogens is 297 g/mol. The van der Waals surface area contributed by atoms with E-state index < -0.39 is 12.6 Å². The summed E-state index contributed by atoms with van der Waals surface area (Å²) in [5.41, 5.74) is 1.03. The standard InChI is InChI=1S/C11H14BrF3N2/c1-8-6-9(12)10(17-7-8)16-5-3-2-4-11(13,14)15/h6-7H,2-5H2,1H3,(H,16,17). The number of halogens is 4. The fraction of sp³-hybridized carbons (Fsp3) is 0.545. The van der Waals surface area contributed by atoms with Gasteiger partial charge < -0.3 is 5.32 Å². The second kappa shape index (κ2) is 6.23. The van der Waals surface area contributed by atoms with Crippen molar-refractivity contribution in [3.63, 3.8) is 0 Å². The number of unbranched alkanes of at least 4 members (excludes halogenated alkanes) is 1. The highest BCUT2D eigenvalue weighted by atomic mass is 79.9. The number of pyridine rings is 1. The third-order valence-corrected chi connectivity index (χ3v) is 2.76. The zero-order chi connectivity index (χ0) is 12.9. The Morgan fingerprint density at radius 3 is 2.65 bits per heavy atom. The molecule has 2 nitrogen and oxygen atoms in total.